The predicted molar refractivity (Wildman–Crippen MR) is 104 cm³/mol. The predicted octanol–water partition coefficient (Wildman–Crippen LogP) is 2.41. The van der Waals surface area contributed by atoms with Crippen molar-refractivity contribution in [3.8, 4) is 0 Å². The van der Waals surface area contributed by atoms with E-state index in [4.69, 9.17) is 9.26 Å². The van der Waals surface area contributed by atoms with Gasteiger partial charge in [-0.05, 0) is 45.8 Å². The Kier molecular flexibility index (Phi) is 6.61. The Labute approximate surface area is 164 Å². The van der Waals surface area contributed by atoms with Crippen molar-refractivity contribution < 1.29 is 18.8 Å². The molecule has 0 N–H and O–H groups in total. The molecule has 1 fully saturated rings. The number of nitrogens with zero attached hydrogens (tertiary/aromatic N) is 4. The van der Waals surface area contributed by atoms with E-state index in [0.29, 0.717) is 42.7 Å². The largest absolute Gasteiger partial charge is 0.466 e. The highest BCUT2D eigenvalue weighted by atomic mass is 16.5. The summed E-state index contributed by atoms with van der Waals surface area (Å²) >= 11 is 0. The number of likely N-dealkylation sites (N-methyl/N-ethyl adjacent to an activating group) is 1. The maximum Gasteiger partial charge on any atom is 0.307 e. The Morgan fingerprint density at radius 2 is 2.21 bits per heavy atom. The zero-order chi connectivity index (χ0) is 20.1. The summed E-state index contributed by atoms with van der Waals surface area (Å²) in [7, 11) is 0. The van der Waals surface area contributed by atoms with Crippen LogP contribution >= 0.6 is 0 Å². The number of hydrogen-bond donors (Lipinski definition) is 0. The number of aromatic nitrogens is 2. The normalized spacial score (nSPS) is 17.2. The van der Waals surface area contributed by atoms with E-state index in [1.807, 2.05) is 6.92 Å². The van der Waals surface area contributed by atoms with Crippen molar-refractivity contribution in [1.29, 1.82) is 0 Å². The smallest absolute Gasteiger partial charge is 0.307 e. The molecule has 0 saturated carbocycles. The topological polar surface area (TPSA) is 88.8 Å². The number of carbonyl (C=O) groups is 2. The number of carbonyl (C=O) groups excluding carboxylic acids is 2. The van der Waals surface area contributed by atoms with Crippen LogP contribution in [0, 0.1) is 6.92 Å². The van der Waals surface area contributed by atoms with E-state index in [2.05, 4.69) is 22.0 Å². The molecule has 8 nitrogen and oxygen atoms in total. The third-order valence-electron chi connectivity index (χ3n) is 5.27. The molecule has 1 saturated heterocycles. The number of hydrogen-bond acceptors (Lipinski definition) is 7. The standard InChI is InChI=1S/C20H28N4O4/c1-4-23-9-6-7-16(23)13-24(10-8-18(25)27-5-2)20(26)15-11-17-14(3)22-28-19(17)21-12-15/h11-12,16H,4-10,13H2,1-3H3/t16-/m1/s1. The monoisotopic (exact) mass is 388 g/mol. The number of aryl methyl sites for hydroxylation is 1. The molecule has 152 valence electrons. The second kappa shape index (κ2) is 9.14. The minimum atomic E-state index is -0.289. The molecule has 3 rings (SSSR count). The lowest BCUT2D eigenvalue weighted by Crippen LogP contribution is -2.44. The molecule has 8 heteroatoms. The van der Waals surface area contributed by atoms with Crippen molar-refractivity contribution in [1.82, 2.24) is 19.9 Å². The van der Waals surface area contributed by atoms with Crippen molar-refractivity contribution in [2.24, 2.45) is 0 Å². The van der Waals surface area contributed by atoms with Crippen LogP contribution in [0.25, 0.3) is 11.1 Å². The summed E-state index contributed by atoms with van der Waals surface area (Å²) in [6, 6.07) is 2.07. The molecule has 0 unspecified atom stereocenters. The van der Waals surface area contributed by atoms with Gasteiger partial charge in [0.1, 0.15) is 0 Å². The van der Waals surface area contributed by atoms with Crippen molar-refractivity contribution in [3.05, 3.63) is 23.5 Å². The Hall–Kier alpha value is -2.48. The fourth-order valence-corrected chi connectivity index (χ4v) is 3.75. The molecule has 2 aromatic heterocycles. The van der Waals surface area contributed by atoms with Crippen LogP contribution < -0.4 is 0 Å². The summed E-state index contributed by atoms with van der Waals surface area (Å²) in [6.45, 7) is 8.99. The number of esters is 1. The summed E-state index contributed by atoms with van der Waals surface area (Å²) in [5, 5.41) is 4.62. The summed E-state index contributed by atoms with van der Waals surface area (Å²) in [5.74, 6) is -0.426. The molecule has 0 radical (unpaired) electrons. The van der Waals surface area contributed by atoms with Crippen molar-refractivity contribution >= 4 is 23.0 Å². The Balaban J connectivity index is 1.79. The Bertz CT molecular complexity index is 835. The number of fused-ring (bicyclic) bond motifs is 1. The fourth-order valence-electron chi connectivity index (χ4n) is 3.75. The van der Waals surface area contributed by atoms with Gasteiger partial charge in [0.15, 0.2) is 0 Å². The van der Waals surface area contributed by atoms with E-state index in [9.17, 15) is 9.59 Å². The quantitative estimate of drug-likeness (QED) is 0.642. The van der Waals surface area contributed by atoms with Crippen LogP contribution in [0.1, 0.15) is 49.2 Å². The lowest BCUT2D eigenvalue weighted by Gasteiger charge is -2.30. The molecule has 0 aliphatic carbocycles. The van der Waals surface area contributed by atoms with E-state index in [0.717, 1.165) is 31.3 Å². The van der Waals surface area contributed by atoms with E-state index >= 15 is 0 Å². The lowest BCUT2D eigenvalue weighted by atomic mass is 10.1. The first kappa shape index (κ1) is 20.3. The van der Waals surface area contributed by atoms with Gasteiger partial charge in [-0.1, -0.05) is 12.1 Å². The number of pyridine rings is 1. The van der Waals surface area contributed by atoms with Gasteiger partial charge in [0, 0.05) is 25.3 Å². The number of amides is 1. The van der Waals surface area contributed by atoms with Crippen molar-refractivity contribution in [2.45, 2.75) is 46.1 Å². The first-order chi connectivity index (χ1) is 13.5. The molecular weight excluding hydrogens is 360 g/mol. The average Bonchev–Trinajstić information content (AvgIpc) is 3.30. The van der Waals surface area contributed by atoms with Crippen LogP contribution in [0.3, 0.4) is 0 Å². The SMILES string of the molecule is CCOC(=O)CCN(C[C@H]1CCCN1CC)C(=O)c1cnc2onc(C)c2c1. The maximum absolute atomic E-state index is 13.2. The van der Waals surface area contributed by atoms with Crippen LogP contribution in [0.4, 0.5) is 0 Å². The van der Waals surface area contributed by atoms with Gasteiger partial charge in [0.2, 0.25) is 0 Å². The van der Waals surface area contributed by atoms with Gasteiger partial charge in [-0.2, -0.15) is 0 Å². The van der Waals surface area contributed by atoms with Crippen LogP contribution in [-0.2, 0) is 9.53 Å². The van der Waals surface area contributed by atoms with E-state index in [1.54, 1.807) is 17.9 Å². The minimum absolute atomic E-state index is 0.137. The molecule has 1 aliphatic rings. The van der Waals surface area contributed by atoms with Gasteiger partial charge < -0.3 is 14.2 Å². The minimum Gasteiger partial charge on any atom is -0.466 e. The van der Waals surface area contributed by atoms with Gasteiger partial charge in [-0.3, -0.25) is 14.5 Å². The van der Waals surface area contributed by atoms with Crippen LogP contribution in [0.15, 0.2) is 16.8 Å². The van der Waals surface area contributed by atoms with Crippen molar-refractivity contribution in [2.75, 3.05) is 32.8 Å². The second-order valence-electron chi connectivity index (χ2n) is 7.08. The fraction of sp³-hybridized carbons (Fsp3) is 0.600. The van der Waals surface area contributed by atoms with Gasteiger partial charge in [0.25, 0.3) is 11.6 Å². The molecule has 3 heterocycles. The molecule has 1 amide bonds. The Morgan fingerprint density at radius 1 is 1.39 bits per heavy atom. The molecule has 1 atom stereocenters. The molecule has 0 spiro atoms. The van der Waals surface area contributed by atoms with Crippen LogP contribution in [-0.4, -0.2) is 70.6 Å². The zero-order valence-corrected chi connectivity index (χ0v) is 16.8. The average molecular weight is 388 g/mol. The summed E-state index contributed by atoms with van der Waals surface area (Å²) in [4.78, 5) is 33.4. The van der Waals surface area contributed by atoms with Crippen LogP contribution in [0.5, 0.6) is 0 Å². The summed E-state index contributed by atoms with van der Waals surface area (Å²) in [6.07, 6.45) is 3.88. The van der Waals surface area contributed by atoms with E-state index in [-0.39, 0.29) is 18.3 Å². The highest BCUT2D eigenvalue weighted by Gasteiger charge is 2.28. The first-order valence-corrected chi connectivity index (χ1v) is 9.94. The molecule has 1 aliphatic heterocycles. The highest BCUT2D eigenvalue weighted by molar-refractivity contribution is 5.97. The number of ether oxygens (including phenoxy) is 1. The summed E-state index contributed by atoms with van der Waals surface area (Å²) < 4.78 is 10.2. The third-order valence-corrected chi connectivity index (χ3v) is 5.27. The Morgan fingerprint density at radius 3 is 2.96 bits per heavy atom. The number of rotatable bonds is 8. The van der Waals surface area contributed by atoms with Gasteiger partial charge in [-0.15, -0.1) is 0 Å². The van der Waals surface area contributed by atoms with Crippen LogP contribution in [0.2, 0.25) is 0 Å². The molecular formula is C20H28N4O4. The second-order valence-corrected chi connectivity index (χ2v) is 7.08. The van der Waals surface area contributed by atoms with Gasteiger partial charge in [-0.25, -0.2) is 4.98 Å². The zero-order valence-electron chi connectivity index (χ0n) is 16.8. The number of likely N-dealkylation sites (tertiary alicyclic amines) is 1. The molecule has 2 aromatic rings. The molecule has 0 bridgehead atoms. The lowest BCUT2D eigenvalue weighted by molar-refractivity contribution is -0.143. The van der Waals surface area contributed by atoms with E-state index in [1.165, 1.54) is 6.20 Å². The van der Waals surface area contributed by atoms with E-state index < -0.39 is 0 Å². The molecule has 0 aromatic carbocycles. The van der Waals surface area contributed by atoms with Crippen molar-refractivity contribution in [3.63, 3.8) is 0 Å². The third kappa shape index (κ3) is 4.49. The summed E-state index contributed by atoms with van der Waals surface area (Å²) in [5.41, 5.74) is 1.59. The first-order valence-electron chi connectivity index (χ1n) is 9.94. The molecule has 28 heavy (non-hydrogen) atoms. The van der Waals surface area contributed by atoms with Gasteiger partial charge >= 0.3 is 5.97 Å². The highest BCUT2D eigenvalue weighted by Crippen LogP contribution is 2.21. The van der Waals surface area contributed by atoms with Gasteiger partial charge in [0.05, 0.1) is 29.7 Å². The maximum atomic E-state index is 13.2.